The van der Waals surface area contributed by atoms with E-state index in [1.807, 2.05) is 36.4 Å². The molecule has 0 saturated heterocycles. The summed E-state index contributed by atoms with van der Waals surface area (Å²) in [6.07, 6.45) is 0. The highest BCUT2D eigenvalue weighted by Gasteiger charge is 2.13. The predicted octanol–water partition coefficient (Wildman–Crippen LogP) is 2.39. The van der Waals surface area contributed by atoms with E-state index in [2.05, 4.69) is 0 Å². The lowest BCUT2D eigenvalue weighted by Gasteiger charge is -2.16. The van der Waals surface area contributed by atoms with Gasteiger partial charge in [-0.2, -0.15) is 0 Å². The minimum Gasteiger partial charge on any atom is -0.545 e. The van der Waals surface area contributed by atoms with Crippen LogP contribution in [0.15, 0.2) is 72.8 Å². The molecule has 0 heterocycles. The zero-order valence-electron chi connectivity index (χ0n) is 13.6. The van der Waals surface area contributed by atoms with Gasteiger partial charge in [-0.05, 0) is 32.7 Å². The Morgan fingerprint density at radius 3 is 1.23 bits per heavy atom. The van der Waals surface area contributed by atoms with E-state index in [-0.39, 0.29) is 11.1 Å². The second-order valence-electron chi connectivity index (χ2n) is 5.99. The van der Waals surface area contributed by atoms with Crippen LogP contribution in [-0.4, -0.2) is 11.9 Å². The zero-order chi connectivity index (χ0) is 18.3. The molecule has 0 bridgehead atoms. The summed E-state index contributed by atoms with van der Waals surface area (Å²) in [7, 11) is 0. The second kappa shape index (κ2) is 6.01. The number of carboxylic acid groups (broad SMARTS) is 2. The van der Waals surface area contributed by atoms with Crippen molar-refractivity contribution in [1.82, 2.24) is 0 Å². The van der Waals surface area contributed by atoms with Gasteiger partial charge in [-0.3, -0.25) is 0 Å². The van der Waals surface area contributed by atoms with Crippen LogP contribution >= 0.6 is 0 Å². The van der Waals surface area contributed by atoms with Crippen LogP contribution in [0, 0.1) is 0 Å². The van der Waals surface area contributed by atoms with Gasteiger partial charge < -0.3 is 19.8 Å². The molecule has 4 nitrogen and oxygen atoms in total. The van der Waals surface area contributed by atoms with Gasteiger partial charge in [0.1, 0.15) is 0 Å². The molecule has 0 radical (unpaired) electrons. The summed E-state index contributed by atoms with van der Waals surface area (Å²) < 4.78 is 0. The van der Waals surface area contributed by atoms with Crippen molar-refractivity contribution in [3.63, 3.8) is 0 Å². The van der Waals surface area contributed by atoms with Crippen molar-refractivity contribution in [2.24, 2.45) is 0 Å². The molecule has 0 unspecified atom stereocenters. The molecule has 4 rings (SSSR count). The minimum absolute atomic E-state index is 0.0704. The largest absolute Gasteiger partial charge is 0.545 e. The molecule has 0 fully saturated rings. The molecule has 26 heavy (non-hydrogen) atoms. The number of hydrogen-bond donors (Lipinski definition) is 0. The van der Waals surface area contributed by atoms with Gasteiger partial charge in [0.2, 0.25) is 0 Å². The first-order valence-electron chi connectivity index (χ1n) is 8.04. The summed E-state index contributed by atoms with van der Waals surface area (Å²) in [5, 5.41) is 25.8. The summed E-state index contributed by atoms with van der Waals surface area (Å²) in [6, 6.07) is 20.8. The Bertz CT molecular complexity index is 1090. The maximum Gasteiger partial charge on any atom is 0.0721 e. The number of aromatic carboxylic acids is 2. The molecule has 0 atom stereocenters. The zero-order valence-corrected chi connectivity index (χ0v) is 13.6. The van der Waals surface area contributed by atoms with Gasteiger partial charge in [0.25, 0.3) is 0 Å². The Labute approximate surface area is 148 Å². The lowest BCUT2D eigenvalue weighted by atomic mass is 9.90. The molecule has 0 aliphatic rings. The lowest BCUT2D eigenvalue weighted by Crippen LogP contribution is -2.23. The Balaban J connectivity index is 2.19. The summed E-state index contributed by atoms with van der Waals surface area (Å²) in [5.74, 6) is -2.55. The molecular formula is C22H12O4-2. The van der Waals surface area contributed by atoms with Crippen LogP contribution in [0.3, 0.4) is 0 Å². The molecule has 0 aliphatic heterocycles. The molecule has 0 spiro atoms. The Morgan fingerprint density at radius 2 is 0.885 bits per heavy atom. The number of carboxylic acids is 2. The van der Waals surface area contributed by atoms with E-state index in [4.69, 9.17) is 0 Å². The highest BCUT2D eigenvalue weighted by molar-refractivity contribution is 6.16. The lowest BCUT2D eigenvalue weighted by molar-refractivity contribution is -0.256. The van der Waals surface area contributed by atoms with Crippen LogP contribution in [0.25, 0.3) is 32.7 Å². The molecule has 126 valence electrons. The van der Waals surface area contributed by atoms with Crippen molar-refractivity contribution in [3.8, 4) is 11.1 Å². The Morgan fingerprint density at radius 1 is 0.538 bits per heavy atom. The van der Waals surface area contributed by atoms with Crippen LogP contribution in [0.2, 0.25) is 0 Å². The monoisotopic (exact) mass is 340 g/mol. The summed E-state index contributed by atoms with van der Waals surface area (Å²) in [4.78, 5) is 23.2. The van der Waals surface area contributed by atoms with Crippen LogP contribution in [0.5, 0.6) is 0 Å². The van der Waals surface area contributed by atoms with Gasteiger partial charge in [0, 0.05) is 11.1 Å². The number of fused-ring (bicyclic) bond motifs is 2. The van der Waals surface area contributed by atoms with E-state index in [0.717, 1.165) is 10.8 Å². The third kappa shape index (κ3) is 2.40. The average molecular weight is 340 g/mol. The van der Waals surface area contributed by atoms with Gasteiger partial charge in [0.05, 0.1) is 11.9 Å². The summed E-state index contributed by atoms with van der Waals surface area (Å²) in [5.41, 5.74) is 1.42. The number of carbonyl (C=O) groups excluding carboxylic acids is 2. The first-order chi connectivity index (χ1) is 12.6. The van der Waals surface area contributed by atoms with Crippen LogP contribution in [0.1, 0.15) is 20.7 Å². The molecule has 0 aromatic heterocycles. The first kappa shape index (κ1) is 15.8. The summed E-state index contributed by atoms with van der Waals surface area (Å²) >= 11 is 0. The molecular weight excluding hydrogens is 328 g/mol. The SMILES string of the molecule is O=C([O-])c1cccc2cccc(-c3cccc4cccc(C(=O)[O-])c34)c12. The molecule has 0 saturated carbocycles. The average Bonchev–Trinajstić information content (AvgIpc) is 2.65. The fourth-order valence-electron chi connectivity index (χ4n) is 3.47. The second-order valence-corrected chi connectivity index (χ2v) is 5.99. The fourth-order valence-corrected chi connectivity index (χ4v) is 3.47. The molecule has 0 aliphatic carbocycles. The highest BCUT2D eigenvalue weighted by atomic mass is 16.4. The van der Waals surface area contributed by atoms with Crippen molar-refractivity contribution in [1.29, 1.82) is 0 Å². The number of hydrogen-bond acceptors (Lipinski definition) is 4. The summed E-state index contributed by atoms with van der Waals surface area (Å²) in [6.45, 7) is 0. The van der Waals surface area contributed by atoms with Gasteiger partial charge in [-0.15, -0.1) is 0 Å². The van der Waals surface area contributed by atoms with Crippen LogP contribution in [0.4, 0.5) is 0 Å². The van der Waals surface area contributed by atoms with Crippen molar-refractivity contribution < 1.29 is 19.8 Å². The topological polar surface area (TPSA) is 80.3 Å². The molecule has 4 aromatic carbocycles. The highest BCUT2D eigenvalue weighted by Crippen LogP contribution is 2.36. The molecule has 0 amide bonds. The standard InChI is InChI=1S/C22H14O4/c23-21(24)17-11-3-7-13-5-1-9-15(19(13)17)16-10-2-6-14-8-4-12-18(20(14)16)22(25)26/h1-12H,(H,23,24)(H,25,26)/p-2. The van der Waals surface area contributed by atoms with Crippen molar-refractivity contribution >= 4 is 33.5 Å². The number of benzene rings is 4. The van der Waals surface area contributed by atoms with E-state index in [0.29, 0.717) is 21.9 Å². The van der Waals surface area contributed by atoms with E-state index in [1.165, 1.54) is 12.1 Å². The molecule has 0 N–H and O–H groups in total. The minimum atomic E-state index is -1.27. The fraction of sp³-hybridized carbons (Fsp3) is 0. The molecule has 4 aromatic rings. The first-order valence-corrected chi connectivity index (χ1v) is 8.04. The Kier molecular flexibility index (Phi) is 3.66. The predicted molar refractivity (Wildman–Crippen MR) is 95.6 cm³/mol. The maximum absolute atomic E-state index is 11.6. The van der Waals surface area contributed by atoms with Gasteiger partial charge >= 0.3 is 0 Å². The maximum atomic E-state index is 11.6. The van der Waals surface area contributed by atoms with E-state index in [9.17, 15) is 19.8 Å². The van der Waals surface area contributed by atoms with Crippen molar-refractivity contribution in [2.75, 3.05) is 0 Å². The Hall–Kier alpha value is -3.66. The number of rotatable bonds is 3. The van der Waals surface area contributed by atoms with E-state index >= 15 is 0 Å². The van der Waals surface area contributed by atoms with Gasteiger partial charge in [-0.1, -0.05) is 72.8 Å². The third-order valence-electron chi connectivity index (χ3n) is 4.54. The van der Waals surface area contributed by atoms with Crippen LogP contribution < -0.4 is 10.2 Å². The smallest absolute Gasteiger partial charge is 0.0721 e. The third-order valence-corrected chi connectivity index (χ3v) is 4.54. The molecule has 4 heteroatoms. The van der Waals surface area contributed by atoms with E-state index in [1.54, 1.807) is 24.3 Å². The van der Waals surface area contributed by atoms with Gasteiger partial charge in [0.15, 0.2) is 0 Å². The van der Waals surface area contributed by atoms with Crippen molar-refractivity contribution in [2.45, 2.75) is 0 Å². The van der Waals surface area contributed by atoms with Crippen molar-refractivity contribution in [3.05, 3.63) is 83.9 Å². The van der Waals surface area contributed by atoms with E-state index < -0.39 is 11.9 Å². The quantitative estimate of drug-likeness (QED) is 0.573. The van der Waals surface area contributed by atoms with Crippen LogP contribution in [-0.2, 0) is 0 Å². The van der Waals surface area contributed by atoms with Gasteiger partial charge in [-0.25, -0.2) is 0 Å². The number of carbonyl (C=O) groups is 2. The normalized spacial score (nSPS) is 10.9.